The fraction of sp³-hybridized carbons (Fsp3) is 0.444. The average molecular weight is 301 g/mol. The molecule has 118 valence electrons. The molecule has 0 saturated carbocycles. The van der Waals surface area contributed by atoms with Crippen LogP contribution in [0.4, 0.5) is 0 Å². The van der Waals surface area contributed by atoms with Gasteiger partial charge in [0.1, 0.15) is 5.75 Å². The predicted octanol–water partition coefficient (Wildman–Crippen LogP) is 3.43. The number of hydrogen-bond donors (Lipinski definition) is 0. The van der Waals surface area contributed by atoms with Crippen LogP contribution in [0.15, 0.2) is 36.9 Å². The molecule has 0 aromatic heterocycles. The summed E-state index contributed by atoms with van der Waals surface area (Å²) in [5, 5.41) is 0. The van der Waals surface area contributed by atoms with E-state index in [0.717, 1.165) is 19.3 Å². The largest absolute Gasteiger partial charge is 0.497 e. The first kappa shape index (κ1) is 16.3. The maximum atomic E-state index is 12.8. The molecule has 0 unspecified atom stereocenters. The fourth-order valence-corrected chi connectivity index (χ4v) is 2.91. The Balaban J connectivity index is 2.26. The van der Waals surface area contributed by atoms with Crippen molar-refractivity contribution in [2.75, 3.05) is 13.7 Å². The number of likely N-dealkylation sites (tertiary alicyclic amines) is 1. The number of benzene rings is 1. The van der Waals surface area contributed by atoms with Gasteiger partial charge in [-0.2, -0.15) is 0 Å². The highest BCUT2D eigenvalue weighted by molar-refractivity contribution is 6.06. The van der Waals surface area contributed by atoms with E-state index in [0.29, 0.717) is 24.3 Å². The molecule has 1 aromatic carbocycles. The van der Waals surface area contributed by atoms with Crippen molar-refractivity contribution in [3.05, 3.63) is 42.5 Å². The number of rotatable bonds is 4. The SMILES string of the molecule is C=CC[C@]1(C)CCCCN(C(=O)c2ccc(OC)cc2)C1=O. The van der Waals surface area contributed by atoms with Gasteiger partial charge in [-0.05, 0) is 43.5 Å². The van der Waals surface area contributed by atoms with Crippen LogP contribution in [0.25, 0.3) is 0 Å². The lowest BCUT2D eigenvalue weighted by molar-refractivity contribution is -0.137. The van der Waals surface area contributed by atoms with Gasteiger partial charge in [0.05, 0.1) is 12.5 Å². The quantitative estimate of drug-likeness (QED) is 0.632. The maximum absolute atomic E-state index is 12.8. The molecule has 1 aromatic rings. The molecule has 0 radical (unpaired) electrons. The van der Waals surface area contributed by atoms with E-state index in [4.69, 9.17) is 4.74 Å². The van der Waals surface area contributed by atoms with Gasteiger partial charge in [-0.1, -0.05) is 19.4 Å². The number of hydrogen-bond acceptors (Lipinski definition) is 3. The van der Waals surface area contributed by atoms with Crippen LogP contribution in [0.3, 0.4) is 0 Å². The third-order valence-corrected chi connectivity index (χ3v) is 4.30. The normalized spacial score (nSPS) is 22.1. The molecule has 0 spiro atoms. The Morgan fingerprint density at radius 3 is 2.64 bits per heavy atom. The van der Waals surface area contributed by atoms with Gasteiger partial charge in [-0.25, -0.2) is 0 Å². The van der Waals surface area contributed by atoms with E-state index in [1.54, 1.807) is 37.5 Å². The minimum absolute atomic E-state index is 0.0919. The first-order valence-corrected chi connectivity index (χ1v) is 7.63. The topological polar surface area (TPSA) is 46.6 Å². The highest BCUT2D eigenvalue weighted by atomic mass is 16.5. The molecule has 2 rings (SSSR count). The summed E-state index contributed by atoms with van der Waals surface area (Å²) in [7, 11) is 1.58. The van der Waals surface area contributed by atoms with Crippen molar-refractivity contribution >= 4 is 11.8 Å². The Morgan fingerprint density at radius 1 is 1.36 bits per heavy atom. The lowest BCUT2D eigenvalue weighted by Gasteiger charge is -2.30. The molecule has 1 fully saturated rings. The number of nitrogens with zero attached hydrogens (tertiary/aromatic N) is 1. The summed E-state index contributed by atoms with van der Waals surface area (Å²) in [6.07, 6.45) is 4.95. The minimum Gasteiger partial charge on any atom is -0.497 e. The molecule has 0 bridgehead atoms. The number of amides is 2. The smallest absolute Gasteiger partial charge is 0.260 e. The van der Waals surface area contributed by atoms with Crippen LogP contribution < -0.4 is 4.74 Å². The summed E-state index contributed by atoms with van der Waals surface area (Å²) in [4.78, 5) is 26.9. The van der Waals surface area contributed by atoms with Crippen molar-refractivity contribution < 1.29 is 14.3 Å². The van der Waals surface area contributed by atoms with Gasteiger partial charge in [-0.3, -0.25) is 14.5 Å². The molecule has 2 amide bonds. The van der Waals surface area contributed by atoms with Crippen LogP contribution in [0, 0.1) is 5.41 Å². The highest BCUT2D eigenvalue weighted by Crippen LogP contribution is 2.34. The van der Waals surface area contributed by atoms with Crippen LogP contribution >= 0.6 is 0 Å². The Kier molecular flexibility index (Phi) is 5.01. The molecule has 0 N–H and O–H groups in total. The summed E-state index contributed by atoms with van der Waals surface area (Å²) in [5.41, 5.74) is -0.0163. The van der Waals surface area contributed by atoms with Gasteiger partial charge in [0.15, 0.2) is 0 Å². The maximum Gasteiger partial charge on any atom is 0.260 e. The van der Waals surface area contributed by atoms with Crippen molar-refractivity contribution in [2.24, 2.45) is 5.41 Å². The lowest BCUT2D eigenvalue weighted by Crippen LogP contribution is -2.44. The molecule has 1 heterocycles. The first-order chi connectivity index (χ1) is 10.5. The van der Waals surface area contributed by atoms with Crippen LogP contribution in [0.5, 0.6) is 5.75 Å². The van der Waals surface area contributed by atoms with Crippen LogP contribution in [0.1, 0.15) is 43.0 Å². The van der Waals surface area contributed by atoms with E-state index in [1.807, 2.05) is 6.92 Å². The zero-order valence-electron chi connectivity index (χ0n) is 13.3. The highest BCUT2D eigenvalue weighted by Gasteiger charge is 2.39. The fourth-order valence-electron chi connectivity index (χ4n) is 2.91. The Morgan fingerprint density at radius 2 is 2.05 bits per heavy atom. The van der Waals surface area contributed by atoms with E-state index < -0.39 is 5.41 Å². The second-order valence-electron chi connectivity index (χ2n) is 6.00. The monoisotopic (exact) mass is 301 g/mol. The van der Waals surface area contributed by atoms with Crippen molar-refractivity contribution in [1.82, 2.24) is 4.90 Å². The zero-order valence-corrected chi connectivity index (χ0v) is 13.3. The molecule has 1 aliphatic heterocycles. The van der Waals surface area contributed by atoms with E-state index in [-0.39, 0.29) is 11.8 Å². The second-order valence-corrected chi connectivity index (χ2v) is 6.00. The van der Waals surface area contributed by atoms with E-state index in [2.05, 4.69) is 6.58 Å². The van der Waals surface area contributed by atoms with Crippen molar-refractivity contribution in [3.8, 4) is 5.75 Å². The summed E-state index contributed by atoms with van der Waals surface area (Å²) >= 11 is 0. The summed E-state index contributed by atoms with van der Waals surface area (Å²) in [5.74, 6) is 0.366. The van der Waals surface area contributed by atoms with E-state index in [9.17, 15) is 9.59 Å². The Labute approximate surface area is 131 Å². The number of imide groups is 1. The Bertz CT molecular complexity index is 564. The molecule has 0 aliphatic carbocycles. The van der Waals surface area contributed by atoms with Gasteiger partial charge < -0.3 is 4.74 Å². The van der Waals surface area contributed by atoms with Gasteiger partial charge in [0.25, 0.3) is 5.91 Å². The van der Waals surface area contributed by atoms with Gasteiger partial charge in [0.2, 0.25) is 5.91 Å². The molecule has 1 saturated heterocycles. The molecule has 4 heteroatoms. The summed E-state index contributed by atoms with van der Waals surface area (Å²) < 4.78 is 5.10. The third-order valence-electron chi connectivity index (χ3n) is 4.30. The van der Waals surface area contributed by atoms with Crippen LogP contribution in [0.2, 0.25) is 0 Å². The molecule has 22 heavy (non-hydrogen) atoms. The summed E-state index contributed by atoms with van der Waals surface area (Å²) in [6, 6.07) is 6.87. The van der Waals surface area contributed by atoms with Crippen molar-refractivity contribution in [3.63, 3.8) is 0 Å². The first-order valence-electron chi connectivity index (χ1n) is 7.63. The van der Waals surface area contributed by atoms with Gasteiger partial charge in [-0.15, -0.1) is 6.58 Å². The van der Waals surface area contributed by atoms with Gasteiger partial charge in [0, 0.05) is 12.1 Å². The van der Waals surface area contributed by atoms with Crippen LogP contribution in [-0.2, 0) is 4.79 Å². The Hall–Kier alpha value is -2.10. The van der Waals surface area contributed by atoms with E-state index >= 15 is 0 Å². The summed E-state index contributed by atoms with van der Waals surface area (Å²) in [6.45, 7) is 6.15. The molecule has 4 nitrogen and oxygen atoms in total. The third kappa shape index (κ3) is 3.21. The number of allylic oxidation sites excluding steroid dienone is 1. The molecule has 1 aliphatic rings. The number of methoxy groups -OCH3 is 1. The standard InChI is InChI=1S/C18H23NO3/c1-4-11-18(2)12-5-6-13-19(17(18)21)16(20)14-7-9-15(22-3)10-8-14/h4,7-10H,1,5-6,11-13H2,2-3H3/t18-/m1/s1. The molecule has 1 atom stereocenters. The van der Waals surface area contributed by atoms with Crippen molar-refractivity contribution in [2.45, 2.75) is 32.6 Å². The number of ether oxygens (including phenoxy) is 1. The zero-order chi connectivity index (χ0) is 16.2. The molecular formula is C18H23NO3. The minimum atomic E-state index is -0.527. The van der Waals surface area contributed by atoms with Gasteiger partial charge >= 0.3 is 0 Å². The lowest BCUT2D eigenvalue weighted by atomic mass is 9.81. The van der Waals surface area contributed by atoms with E-state index in [1.165, 1.54) is 4.90 Å². The second kappa shape index (κ2) is 6.77. The number of carbonyl (C=O) groups excluding carboxylic acids is 2. The van der Waals surface area contributed by atoms with Crippen LogP contribution in [-0.4, -0.2) is 30.4 Å². The average Bonchev–Trinajstić information content (AvgIpc) is 2.67. The predicted molar refractivity (Wildman–Crippen MR) is 85.8 cm³/mol. The molecular weight excluding hydrogens is 278 g/mol. The van der Waals surface area contributed by atoms with Crippen molar-refractivity contribution in [1.29, 1.82) is 0 Å². The number of carbonyl (C=O) groups is 2.